The van der Waals surface area contributed by atoms with E-state index < -0.39 is 0 Å². The summed E-state index contributed by atoms with van der Waals surface area (Å²) in [6.45, 7) is 2.15. The number of anilines is 2. The van der Waals surface area contributed by atoms with E-state index in [1.54, 1.807) is 41.9 Å². The number of ether oxygens (including phenoxy) is 1. The first-order valence-corrected chi connectivity index (χ1v) is 13.6. The van der Waals surface area contributed by atoms with Gasteiger partial charge in [0.25, 0.3) is 0 Å². The third-order valence-corrected chi connectivity index (χ3v) is 7.75. The van der Waals surface area contributed by atoms with E-state index in [9.17, 15) is 10.1 Å². The monoisotopic (exact) mass is 558 g/mol. The highest BCUT2D eigenvalue weighted by Crippen LogP contribution is 2.41. The molecule has 0 radical (unpaired) electrons. The van der Waals surface area contributed by atoms with Gasteiger partial charge in [0.05, 0.1) is 28.5 Å². The fourth-order valence-electron chi connectivity index (χ4n) is 4.41. The van der Waals surface area contributed by atoms with Crippen LogP contribution >= 0.6 is 22.9 Å². The molecule has 0 atom stereocenters. The summed E-state index contributed by atoms with van der Waals surface area (Å²) < 4.78 is 5.85. The number of thiophene rings is 1. The zero-order valence-electron chi connectivity index (χ0n) is 21.6. The van der Waals surface area contributed by atoms with Crippen LogP contribution in [0.5, 0.6) is 5.75 Å². The van der Waals surface area contributed by atoms with Gasteiger partial charge < -0.3 is 19.9 Å². The summed E-state index contributed by atoms with van der Waals surface area (Å²) in [5, 5.41) is 14.7. The average Bonchev–Trinajstić information content (AvgIpc) is 3.31. The minimum Gasteiger partial charge on any atom is -0.486 e. The molecule has 1 aliphatic rings. The minimum atomic E-state index is 0.00368. The molecule has 0 aliphatic carbocycles. The highest BCUT2D eigenvalue weighted by molar-refractivity contribution is 7.19. The van der Waals surface area contributed by atoms with Gasteiger partial charge in [-0.3, -0.25) is 9.78 Å². The van der Waals surface area contributed by atoms with E-state index in [4.69, 9.17) is 16.3 Å². The molecule has 0 unspecified atom stereocenters. The van der Waals surface area contributed by atoms with Crippen molar-refractivity contribution in [3.63, 3.8) is 0 Å². The van der Waals surface area contributed by atoms with Crippen LogP contribution in [0.2, 0.25) is 5.02 Å². The summed E-state index contributed by atoms with van der Waals surface area (Å²) in [5.41, 5.74) is 3.81. The van der Waals surface area contributed by atoms with E-state index in [1.165, 1.54) is 0 Å². The Balaban J connectivity index is 1.38. The maximum atomic E-state index is 12.7. The number of nitrogens with one attached hydrogen (secondary N) is 1. The summed E-state index contributed by atoms with van der Waals surface area (Å²) in [6.07, 6.45) is 7.52. The van der Waals surface area contributed by atoms with Crippen LogP contribution in [0.25, 0.3) is 10.2 Å². The van der Waals surface area contributed by atoms with Crippen LogP contribution in [0.1, 0.15) is 21.7 Å². The number of nitrogens with zero attached hydrogens (tertiary/aromatic N) is 5. The van der Waals surface area contributed by atoms with E-state index in [0.717, 1.165) is 32.0 Å². The average molecular weight is 559 g/mol. The molecule has 1 aliphatic heterocycles. The van der Waals surface area contributed by atoms with Crippen LogP contribution in [-0.4, -0.2) is 52.9 Å². The van der Waals surface area contributed by atoms with Crippen LogP contribution < -0.4 is 10.1 Å². The molecule has 0 spiro atoms. The molecule has 3 aromatic heterocycles. The van der Waals surface area contributed by atoms with Crippen LogP contribution in [0.4, 0.5) is 11.4 Å². The van der Waals surface area contributed by atoms with Gasteiger partial charge in [0.2, 0.25) is 5.91 Å². The zero-order valence-corrected chi connectivity index (χ0v) is 23.2. The summed E-state index contributed by atoms with van der Waals surface area (Å²) >= 11 is 8.11. The second-order valence-corrected chi connectivity index (χ2v) is 10.9. The van der Waals surface area contributed by atoms with Crippen LogP contribution in [-0.2, 0) is 24.4 Å². The number of aromatic nitrogens is 2. The number of pyridine rings is 2. The predicted molar refractivity (Wildman–Crippen MR) is 154 cm³/mol. The number of nitriles is 1. The molecule has 4 aromatic rings. The quantitative estimate of drug-likeness (QED) is 0.284. The van der Waals surface area contributed by atoms with Crippen molar-refractivity contribution in [1.82, 2.24) is 19.8 Å². The standard InChI is InChI=1S/C29H27ClN6O2S/c1-35(2)12-5-7-26(37)36-13-10-22-25(17-36)39-29-27(22)28(19(15-31)16-33-29)34-20-8-9-24(23(30)14-20)38-18-21-6-3-4-11-32-21/h3-9,11,14,16H,10,12-13,17-18H2,1-2H3,(H,33,34)/b7-5+. The lowest BCUT2D eigenvalue weighted by Crippen LogP contribution is -2.34. The molecule has 39 heavy (non-hydrogen) atoms. The highest BCUT2D eigenvalue weighted by atomic mass is 35.5. The number of carbonyl (C=O) groups is 1. The fraction of sp³-hybridized carbons (Fsp3) is 0.241. The van der Waals surface area contributed by atoms with Gasteiger partial charge in [-0.25, -0.2) is 4.98 Å². The van der Waals surface area contributed by atoms with Gasteiger partial charge >= 0.3 is 0 Å². The number of carbonyl (C=O) groups excluding carboxylic acids is 1. The van der Waals surface area contributed by atoms with Gasteiger partial charge in [0.15, 0.2) is 0 Å². The lowest BCUT2D eigenvalue weighted by molar-refractivity contribution is -0.126. The van der Waals surface area contributed by atoms with Crippen molar-refractivity contribution in [2.24, 2.45) is 0 Å². The van der Waals surface area contributed by atoms with E-state index in [0.29, 0.717) is 54.7 Å². The summed E-state index contributed by atoms with van der Waals surface area (Å²) in [4.78, 5) is 27.3. The van der Waals surface area contributed by atoms with Gasteiger partial charge in [-0.2, -0.15) is 5.26 Å². The van der Waals surface area contributed by atoms with Gasteiger partial charge in [-0.15, -0.1) is 11.3 Å². The molecule has 0 saturated carbocycles. The third-order valence-electron chi connectivity index (χ3n) is 6.33. The molecular weight excluding hydrogens is 532 g/mol. The third kappa shape index (κ3) is 6.04. The van der Waals surface area contributed by atoms with Crippen molar-refractivity contribution in [3.8, 4) is 11.8 Å². The Morgan fingerprint density at radius 2 is 2.18 bits per heavy atom. The molecule has 0 bridgehead atoms. The number of likely N-dealkylation sites (N-methyl/N-ethyl adjacent to an activating group) is 1. The lowest BCUT2D eigenvalue weighted by Gasteiger charge is -2.26. The molecular formula is C29H27ClN6O2S. The van der Waals surface area contributed by atoms with Crippen molar-refractivity contribution in [3.05, 3.63) is 87.7 Å². The molecule has 1 aromatic carbocycles. The highest BCUT2D eigenvalue weighted by Gasteiger charge is 2.26. The normalized spacial score (nSPS) is 13.1. The van der Waals surface area contributed by atoms with Crippen LogP contribution in [0.3, 0.4) is 0 Å². The van der Waals surface area contributed by atoms with Gasteiger partial charge in [0.1, 0.15) is 23.3 Å². The molecule has 10 heteroatoms. The molecule has 1 amide bonds. The van der Waals surface area contributed by atoms with Crippen molar-refractivity contribution in [1.29, 1.82) is 5.26 Å². The summed E-state index contributed by atoms with van der Waals surface area (Å²) in [5.74, 6) is 0.550. The first kappa shape index (κ1) is 26.6. The number of benzene rings is 1. The zero-order chi connectivity index (χ0) is 27.4. The Morgan fingerprint density at radius 3 is 2.92 bits per heavy atom. The Kier molecular flexibility index (Phi) is 8.07. The smallest absolute Gasteiger partial charge is 0.246 e. The SMILES string of the molecule is CN(C)C/C=C/C(=O)N1CCc2c(sc3ncc(C#N)c(Nc4ccc(OCc5ccccn5)c(Cl)c4)c23)C1. The van der Waals surface area contributed by atoms with Gasteiger partial charge in [-0.1, -0.05) is 23.7 Å². The van der Waals surface area contributed by atoms with Crippen molar-refractivity contribution in [2.45, 2.75) is 19.6 Å². The maximum absolute atomic E-state index is 12.7. The summed E-state index contributed by atoms with van der Waals surface area (Å²) in [6, 6.07) is 13.4. The Hall–Kier alpha value is -3.97. The molecule has 4 heterocycles. The van der Waals surface area contributed by atoms with Crippen molar-refractivity contribution < 1.29 is 9.53 Å². The molecule has 1 N–H and O–H groups in total. The second-order valence-electron chi connectivity index (χ2n) is 9.40. The van der Waals surface area contributed by atoms with Crippen molar-refractivity contribution >= 4 is 50.4 Å². The van der Waals surface area contributed by atoms with E-state index in [-0.39, 0.29) is 5.91 Å². The predicted octanol–water partition coefficient (Wildman–Crippen LogP) is 5.54. The van der Waals surface area contributed by atoms with E-state index in [2.05, 4.69) is 21.4 Å². The Bertz CT molecular complexity index is 1580. The minimum absolute atomic E-state index is 0.00368. The molecule has 0 saturated heterocycles. The second kappa shape index (κ2) is 11.8. The lowest BCUT2D eigenvalue weighted by atomic mass is 10.0. The number of hydrogen-bond acceptors (Lipinski definition) is 8. The number of amides is 1. The molecule has 8 nitrogen and oxygen atoms in total. The van der Waals surface area contributed by atoms with Gasteiger partial charge in [-0.05, 0) is 56.4 Å². The number of rotatable bonds is 8. The topological polar surface area (TPSA) is 94.4 Å². The molecule has 5 rings (SSSR count). The molecule has 198 valence electrons. The van der Waals surface area contributed by atoms with E-state index in [1.807, 2.05) is 54.2 Å². The van der Waals surface area contributed by atoms with Crippen molar-refractivity contribution in [2.75, 3.05) is 32.5 Å². The number of fused-ring (bicyclic) bond motifs is 3. The van der Waals surface area contributed by atoms with Gasteiger partial charge in [0, 0.05) is 47.5 Å². The van der Waals surface area contributed by atoms with Crippen LogP contribution in [0.15, 0.2) is 60.9 Å². The fourth-order valence-corrected chi connectivity index (χ4v) is 5.86. The summed E-state index contributed by atoms with van der Waals surface area (Å²) in [7, 11) is 3.93. The maximum Gasteiger partial charge on any atom is 0.246 e. The molecule has 0 fully saturated rings. The number of halogens is 1. The largest absolute Gasteiger partial charge is 0.486 e. The number of hydrogen-bond donors (Lipinski definition) is 1. The van der Waals surface area contributed by atoms with E-state index >= 15 is 0 Å². The Labute approximate surface area is 236 Å². The first-order chi connectivity index (χ1) is 18.9. The first-order valence-electron chi connectivity index (χ1n) is 12.5. The van der Waals surface area contributed by atoms with Crippen LogP contribution in [0, 0.1) is 11.3 Å². The Morgan fingerprint density at radius 1 is 1.31 bits per heavy atom.